The van der Waals surface area contributed by atoms with Crippen LogP contribution < -0.4 is 0 Å². The van der Waals surface area contributed by atoms with E-state index in [1.165, 1.54) is 16.6 Å². The molecule has 0 aliphatic rings. The molecule has 0 saturated heterocycles. The molecule has 1 aromatic carbocycles. The third-order valence-corrected chi connectivity index (χ3v) is 2.54. The highest BCUT2D eigenvalue weighted by Crippen LogP contribution is 2.19. The maximum atomic E-state index is 4.67. The van der Waals surface area contributed by atoms with Gasteiger partial charge in [0.15, 0.2) is 0 Å². The molecule has 1 heteroatoms. The average molecular weight is 185 g/mol. The van der Waals surface area contributed by atoms with Crippen molar-refractivity contribution in [2.75, 3.05) is 0 Å². The first kappa shape index (κ1) is 9.20. The van der Waals surface area contributed by atoms with E-state index < -0.39 is 0 Å². The van der Waals surface area contributed by atoms with E-state index in [1.807, 2.05) is 0 Å². The largest absolute Gasteiger partial charge is 0.252 e. The Morgan fingerprint density at radius 2 is 1.86 bits per heavy atom. The molecule has 0 radical (unpaired) electrons. The molecular weight excluding hydrogens is 170 g/mol. The normalized spacial score (nSPS) is 11.1. The number of hydrogen-bond acceptors (Lipinski definition) is 1. The standard InChI is InChI=1S/C13H15N/c1-9(2)12-8-7-11-6-4-5-10(3)13(11)14-12/h4-9H,1-3H3. The van der Waals surface area contributed by atoms with Crippen molar-refractivity contribution in [3.05, 3.63) is 41.6 Å². The molecule has 72 valence electrons. The molecule has 0 unspecified atom stereocenters. The van der Waals surface area contributed by atoms with Gasteiger partial charge in [0, 0.05) is 11.1 Å². The van der Waals surface area contributed by atoms with Gasteiger partial charge in [-0.25, -0.2) is 0 Å². The molecular formula is C13H15N. The highest BCUT2D eigenvalue weighted by molar-refractivity contribution is 5.81. The second-order valence-corrected chi connectivity index (χ2v) is 4.04. The minimum Gasteiger partial charge on any atom is -0.252 e. The molecule has 2 rings (SSSR count). The van der Waals surface area contributed by atoms with Crippen LogP contribution in [0.1, 0.15) is 31.0 Å². The molecule has 1 aromatic heterocycles. The van der Waals surface area contributed by atoms with Crippen molar-refractivity contribution in [2.45, 2.75) is 26.7 Å². The Hall–Kier alpha value is -1.37. The van der Waals surface area contributed by atoms with E-state index >= 15 is 0 Å². The van der Waals surface area contributed by atoms with E-state index in [1.54, 1.807) is 0 Å². The number of benzene rings is 1. The fourth-order valence-corrected chi connectivity index (χ4v) is 1.63. The lowest BCUT2D eigenvalue weighted by atomic mass is 10.1. The highest BCUT2D eigenvalue weighted by atomic mass is 14.7. The Kier molecular flexibility index (Phi) is 2.24. The van der Waals surface area contributed by atoms with Crippen LogP contribution in [0, 0.1) is 6.92 Å². The first-order valence-electron chi connectivity index (χ1n) is 5.05. The summed E-state index contributed by atoms with van der Waals surface area (Å²) in [5.41, 5.74) is 3.57. The molecule has 0 aliphatic heterocycles. The van der Waals surface area contributed by atoms with Crippen molar-refractivity contribution in [1.82, 2.24) is 4.98 Å². The molecule has 0 amide bonds. The van der Waals surface area contributed by atoms with Gasteiger partial charge in [0.2, 0.25) is 0 Å². The molecule has 0 bridgehead atoms. The van der Waals surface area contributed by atoms with Gasteiger partial charge in [-0.05, 0) is 24.5 Å². The van der Waals surface area contributed by atoms with Crippen LogP contribution in [0.15, 0.2) is 30.3 Å². The van der Waals surface area contributed by atoms with E-state index in [2.05, 4.69) is 56.1 Å². The SMILES string of the molecule is Cc1cccc2ccc(C(C)C)nc12. The zero-order valence-corrected chi connectivity index (χ0v) is 8.91. The number of aryl methyl sites for hydroxylation is 1. The van der Waals surface area contributed by atoms with Crippen molar-refractivity contribution >= 4 is 10.9 Å². The summed E-state index contributed by atoms with van der Waals surface area (Å²) in [6, 6.07) is 10.6. The lowest BCUT2D eigenvalue weighted by Crippen LogP contribution is -1.93. The molecule has 0 atom stereocenters. The van der Waals surface area contributed by atoms with Crippen LogP contribution in [0.2, 0.25) is 0 Å². The molecule has 0 aliphatic carbocycles. The van der Waals surface area contributed by atoms with Gasteiger partial charge in [-0.3, -0.25) is 4.98 Å². The van der Waals surface area contributed by atoms with E-state index in [0.29, 0.717) is 5.92 Å². The van der Waals surface area contributed by atoms with Gasteiger partial charge in [-0.2, -0.15) is 0 Å². The van der Waals surface area contributed by atoms with Gasteiger partial charge in [-0.15, -0.1) is 0 Å². The Morgan fingerprint density at radius 1 is 1.07 bits per heavy atom. The van der Waals surface area contributed by atoms with Gasteiger partial charge in [0.05, 0.1) is 5.52 Å². The fraction of sp³-hybridized carbons (Fsp3) is 0.308. The third kappa shape index (κ3) is 1.50. The van der Waals surface area contributed by atoms with Crippen LogP contribution in [0.25, 0.3) is 10.9 Å². The summed E-state index contributed by atoms with van der Waals surface area (Å²) >= 11 is 0. The summed E-state index contributed by atoms with van der Waals surface area (Å²) in [4.78, 5) is 4.67. The quantitative estimate of drug-likeness (QED) is 0.660. The number of rotatable bonds is 1. The summed E-state index contributed by atoms with van der Waals surface area (Å²) in [5.74, 6) is 0.499. The monoisotopic (exact) mass is 185 g/mol. The molecule has 0 fully saturated rings. The van der Waals surface area contributed by atoms with Gasteiger partial charge in [0.25, 0.3) is 0 Å². The summed E-state index contributed by atoms with van der Waals surface area (Å²) in [6.45, 7) is 6.46. The Bertz CT molecular complexity index is 458. The lowest BCUT2D eigenvalue weighted by Gasteiger charge is -2.07. The third-order valence-electron chi connectivity index (χ3n) is 2.54. The lowest BCUT2D eigenvalue weighted by molar-refractivity contribution is 0.829. The van der Waals surface area contributed by atoms with E-state index in [-0.39, 0.29) is 0 Å². The van der Waals surface area contributed by atoms with Crippen LogP contribution in [-0.2, 0) is 0 Å². The average Bonchev–Trinajstić information content (AvgIpc) is 2.18. The van der Waals surface area contributed by atoms with Crippen LogP contribution in [0.4, 0.5) is 0 Å². The molecule has 0 spiro atoms. The smallest absolute Gasteiger partial charge is 0.0734 e. The highest BCUT2D eigenvalue weighted by Gasteiger charge is 2.03. The minimum atomic E-state index is 0.499. The molecule has 14 heavy (non-hydrogen) atoms. The van der Waals surface area contributed by atoms with E-state index in [4.69, 9.17) is 0 Å². The summed E-state index contributed by atoms with van der Waals surface area (Å²) in [6.07, 6.45) is 0. The minimum absolute atomic E-state index is 0.499. The fourth-order valence-electron chi connectivity index (χ4n) is 1.63. The second kappa shape index (κ2) is 3.41. The van der Waals surface area contributed by atoms with Gasteiger partial charge in [-0.1, -0.05) is 38.1 Å². The summed E-state index contributed by atoms with van der Waals surface area (Å²) in [7, 11) is 0. The van der Waals surface area contributed by atoms with Crippen LogP contribution in [0.5, 0.6) is 0 Å². The summed E-state index contributed by atoms with van der Waals surface area (Å²) in [5, 5.41) is 1.23. The Morgan fingerprint density at radius 3 is 2.57 bits per heavy atom. The van der Waals surface area contributed by atoms with Crippen molar-refractivity contribution < 1.29 is 0 Å². The molecule has 0 N–H and O–H groups in total. The van der Waals surface area contributed by atoms with Crippen molar-refractivity contribution in [2.24, 2.45) is 0 Å². The van der Waals surface area contributed by atoms with Crippen LogP contribution >= 0.6 is 0 Å². The molecule has 1 nitrogen and oxygen atoms in total. The number of nitrogens with zero attached hydrogens (tertiary/aromatic N) is 1. The summed E-state index contributed by atoms with van der Waals surface area (Å²) < 4.78 is 0. The predicted octanol–water partition coefficient (Wildman–Crippen LogP) is 3.67. The molecule has 0 saturated carbocycles. The van der Waals surface area contributed by atoms with Gasteiger partial charge in [0.1, 0.15) is 0 Å². The van der Waals surface area contributed by atoms with E-state index in [0.717, 1.165) is 5.52 Å². The first-order chi connectivity index (χ1) is 6.68. The van der Waals surface area contributed by atoms with Crippen molar-refractivity contribution in [3.63, 3.8) is 0 Å². The number of fused-ring (bicyclic) bond motifs is 1. The molecule has 2 aromatic rings. The van der Waals surface area contributed by atoms with Crippen LogP contribution in [-0.4, -0.2) is 4.98 Å². The Labute approximate surface area is 84.8 Å². The number of para-hydroxylation sites is 1. The van der Waals surface area contributed by atoms with E-state index in [9.17, 15) is 0 Å². The topological polar surface area (TPSA) is 12.9 Å². The number of hydrogen-bond donors (Lipinski definition) is 0. The maximum Gasteiger partial charge on any atom is 0.0734 e. The number of pyridine rings is 1. The zero-order chi connectivity index (χ0) is 10.1. The van der Waals surface area contributed by atoms with Crippen molar-refractivity contribution in [1.29, 1.82) is 0 Å². The maximum absolute atomic E-state index is 4.67. The Balaban J connectivity index is 2.70. The first-order valence-corrected chi connectivity index (χ1v) is 5.05. The zero-order valence-electron chi connectivity index (χ0n) is 8.91. The van der Waals surface area contributed by atoms with Gasteiger partial charge >= 0.3 is 0 Å². The number of aromatic nitrogens is 1. The van der Waals surface area contributed by atoms with Gasteiger partial charge < -0.3 is 0 Å². The van der Waals surface area contributed by atoms with Crippen molar-refractivity contribution in [3.8, 4) is 0 Å². The second-order valence-electron chi connectivity index (χ2n) is 4.04. The van der Waals surface area contributed by atoms with Crippen LogP contribution in [0.3, 0.4) is 0 Å². The molecule has 1 heterocycles. The predicted molar refractivity (Wildman–Crippen MR) is 60.6 cm³/mol.